The van der Waals surface area contributed by atoms with Gasteiger partial charge in [-0.25, -0.2) is 0 Å². The van der Waals surface area contributed by atoms with Gasteiger partial charge in [-0.2, -0.15) is 0 Å². The van der Waals surface area contributed by atoms with E-state index in [1.165, 1.54) is 5.56 Å². The Morgan fingerprint density at radius 3 is 2.41 bits per heavy atom. The summed E-state index contributed by atoms with van der Waals surface area (Å²) in [6.07, 6.45) is 1.69. The molecule has 0 saturated carbocycles. The fourth-order valence-corrected chi connectivity index (χ4v) is 2.10. The van der Waals surface area contributed by atoms with E-state index in [4.69, 9.17) is 11.1 Å². The Labute approximate surface area is 104 Å². The van der Waals surface area contributed by atoms with Gasteiger partial charge in [0.05, 0.1) is 5.84 Å². The Bertz CT molecular complexity index is 335. The highest BCUT2D eigenvalue weighted by Crippen LogP contribution is 2.13. The standard InChI is InChI=1S/C14H23N3/c1-3-13(10-14(15)16)17(4-2)11-12-8-6-5-7-9-12/h5-9,13H,3-4,10-11H2,1-2H3,(H3,15,16). The fraction of sp³-hybridized carbons (Fsp3) is 0.500. The molecule has 0 saturated heterocycles. The van der Waals surface area contributed by atoms with E-state index in [0.717, 1.165) is 19.5 Å². The van der Waals surface area contributed by atoms with Gasteiger partial charge in [0.2, 0.25) is 0 Å². The molecule has 1 unspecified atom stereocenters. The van der Waals surface area contributed by atoms with Crippen molar-refractivity contribution in [3.8, 4) is 0 Å². The van der Waals surface area contributed by atoms with E-state index in [9.17, 15) is 0 Å². The third-order valence-corrected chi connectivity index (χ3v) is 3.08. The highest BCUT2D eigenvalue weighted by atomic mass is 15.1. The number of nitrogens with zero attached hydrogens (tertiary/aromatic N) is 1. The topological polar surface area (TPSA) is 53.1 Å². The van der Waals surface area contributed by atoms with Gasteiger partial charge in [-0.1, -0.05) is 44.2 Å². The Morgan fingerprint density at radius 2 is 1.94 bits per heavy atom. The first-order valence-corrected chi connectivity index (χ1v) is 6.28. The molecule has 0 fully saturated rings. The van der Waals surface area contributed by atoms with Crippen molar-refractivity contribution >= 4 is 5.84 Å². The molecule has 1 aromatic carbocycles. The second-order valence-corrected chi connectivity index (χ2v) is 4.34. The van der Waals surface area contributed by atoms with Crippen LogP contribution in [0, 0.1) is 5.41 Å². The molecule has 3 N–H and O–H groups in total. The lowest BCUT2D eigenvalue weighted by Gasteiger charge is -2.29. The Kier molecular flexibility index (Phi) is 5.70. The zero-order chi connectivity index (χ0) is 12.7. The van der Waals surface area contributed by atoms with Crippen LogP contribution in [0.1, 0.15) is 32.3 Å². The Hall–Kier alpha value is -1.35. The highest BCUT2D eigenvalue weighted by Gasteiger charge is 2.16. The van der Waals surface area contributed by atoms with Crippen molar-refractivity contribution < 1.29 is 0 Å². The average molecular weight is 233 g/mol. The van der Waals surface area contributed by atoms with Gasteiger partial charge in [-0.15, -0.1) is 0 Å². The van der Waals surface area contributed by atoms with Gasteiger partial charge in [-0.3, -0.25) is 10.3 Å². The molecule has 1 aromatic rings. The molecule has 0 aliphatic carbocycles. The zero-order valence-corrected chi connectivity index (χ0v) is 10.8. The molecule has 0 amide bonds. The predicted molar refractivity (Wildman–Crippen MR) is 73.1 cm³/mol. The molecule has 3 nitrogen and oxygen atoms in total. The van der Waals surface area contributed by atoms with Gasteiger partial charge >= 0.3 is 0 Å². The van der Waals surface area contributed by atoms with Crippen LogP contribution >= 0.6 is 0 Å². The largest absolute Gasteiger partial charge is 0.388 e. The van der Waals surface area contributed by atoms with Gasteiger partial charge in [0.15, 0.2) is 0 Å². The lowest BCUT2D eigenvalue weighted by molar-refractivity contribution is 0.196. The molecule has 0 heterocycles. The summed E-state index contributed by atoms with van der Waals surface area (Å²) < 4.78 is 0. The monoisotopic (exact) mass is 233 g/mol. The van der Waals surface area contributed by atoms with Crippen LogP contribution in [0.3, 0.4) is 0 Å². The van der Waals surface area contributed by atoms with Crippen LogP contribution in [-0.2, 0) is 6.54 Å². The van der Waals surface area contributed by atoms with Crippen LogP contribution < -0.4 is 5.73 Å². The lowest BCUT2D eigenvalue weighted by atomic mass is 10.1. The highest BCUT2D eigenvalue weighted by molar-refractivity contribution is 5.77. The molecule has 0 spiro atoms. The minimum Gasteiger partial charge on any atom is -0.388 e. The molecule has 94 valence electrons. The number of hydrogen-bond donors (Lipinski definition) is 2. The van der Waals surface area contributed by atoms with Crippen molar-refractivity contribution in [2.24, 2.45) is 5.73 Å². The van der Waals surface area contributed by atoms with Crippen LogP contribution in [0.25, 0.3) is 0 Å². The number of nitrogens with one attached hydrogen (secondary N) is 1. The van der Waals surface area contributed by atoms with E-state index in [0.29, 0.717) is 12.5 Å². The molecule has 1 atom stereocenters. The fourth-order valence-electron chi connectivity index (χ4n) is 2.10. The van der Waals surface area contributed by atoms with Gasteiger partial charge in [0, 0.05) is 19.0 Å². The van der Waals surface area contributed by atoms with Gasteiger partial charge in [0.1, 0.15) is 0 Å². The SMILES string of the molecule is CCC(CC(=N)N)N(CC)Cc1ccccc1. The van der Waals surface area contributed by atoms with Crippen LogP contribution in [0.4, 0.5) is 0 Å². The molecular formula is C14H23N3. The number of benzene rings is 1. The van der Waals surface area contributed by atoms with Gasteiger partial charge in [-0.05, 0) is 18.5 Å². The third-order valence-electron chi connectivity index (χ3n) is 3.08. The summed E-state index contributed by atoms with van der Waals surface area (Å²) in [6.45, 7) is 6.23. The van der Waals surface area contributed by atoms with Crippen molar-refractivity contribution in [3.05, 3.63) is 35.9 Å². The summed E-state index contributed by atoms with van der Waals surface area (Å²) in [7, 11) is 0. The summed E-state index contributed by atoms with van der Waals surface area (Å²) in [5.41, 5.74) is 6.83. The van der Waals surface area contributed by atoms with Crippen molar-refractivity contribution in [2.75, 3.05) is 6.54 Å². The average Bonchev–Trinajstić information content (AvgIpc) is 2.34. The van der Waals surface area contributed by atoms with E-state index < -0.39 is 0 Å². The van der Waals surface area contributed by atoms with E-state index in [2.05, 4.69) is 43.0 Å². The van der Waals surface area contributed by atoms with Crippen LogP contribution in [0.15, 0.2) is 30.3 Å². The maximum Gasteiger partial charge on any atom is 0.0921 e. The first-order chi connectivity index (χ1) is 8.17. The van der Waals surface area contributed by atoms with E-state index >= 15 is 0 Å². The van der Waals surface area contributed by atoms with Crippen LogP contribution in [-0.4, -0.2) is 23.3 Å². The van der Waals surface area contributed by atoms with Gasteiger partial charge in [0.25, 0.3) is 0 Å². The normalized spacial score (nSPS) is 12.6. The summed E-state index contributed by atoms with van der Waals surface area (Å²) in [5.74, 6) is 0.281. The summed E-state index contributed by atoms with van der Waals surface area (Å²) in [5, 5.41) is 7.43. The minimum atomic E-state index is 0.281. The molecule has 0 aliphatic rings. The van der Waals surface area contributed by atoms with Crippen molar-refractivity contribution in [2.45, 2.75) is 39.3 Å². The zero-order valence-electron chi connectivity index (χ0n) is 10.8. The number of hydrogen-bond acceptors (Lipinski definition) is 2. The summed E-state index contributed by atoms with van der Waals surface area (Å²) in [6, 6.07) is 10.8. The van der Waals surface area contributed by atoms with Crippen molar-refractivity contribution in [1.29, 1.82) is 5.41 Å². The maximum atomic E-state index is 7.43. The Balaban J connectivity index is 2.66. The van der Waals surface area contributed by atoms with Crippen molar-refractivity contribution in [1.82, 2.24) is 4.90 Å². The van der Waals surface area contributed by atoms with Crippen molar-refractivity contribution in [3.63, 3.8) is 0 Å². The second kappa shape index (κ2) is 7.07. The van der Waals surface area contributed by atoms with E-state index in [1.54, 1.807) is 0 Å². The first-order valence-electron chi connectivity index (χ1n) is 6.28. The van der Waals surface area contributed by atoms with E-state index in [-0.39, 0.29) is 5.84 Å². The number of nitrogens with two attached hydrogens (primary N) is 1. The van der Waals surface area contributed by atoms with Crippen LogP contribution in [0.2, 0.25) is 0 Å². The molecule has 3 heteroatoms. The number of amidine groups is 1. The molecule has 1 rings (SSSR count). The van der Waals surface area contributed by atoms with Gasteiger partial charge < -0.3 is 5.73 Å². The first kappa shape index (κ1) is 13.7. The van der Waals surface area contributed by atoms with E-state index in [1.807, 2.05) is 6.07 Å². The molecule has 17 heavy (non-hydrogen) atoms. The lowest BCUT2D eigenvalue weighted by Crippen LogP contribution is -2.37. The minimum absolute atomic E-state index is 0.281. The molecular weight excluding hydrogens is 210 g/mol. The Morgan fingerprint density at radius 1 is 1.29 bits per heavy atom. The predicted octanol–water partition coefficient (Wildman–Crippen LogP) is 2.61. The summed E-state index contributed by atoms with van der Waals surface area (Å²) >= 11 is 0. The summed E-state index contributed by atoms with van der Waals surface area (Å²) in [4.78, 5) is 2.39. The molecule has 0 aliphatic heterocycles. The third kappa shape index (κ3) is 4.57. The molecule has 0 bridgehead atoms. The van der Waals surface area contributed by atoms with Crippen LogP contribution in [0.5, 0.6) is 0 Å². The maximum absolute atomic E-state index is 7.43. The quantitative estimate of drug-likeness (QED) is 0.562. The number of rotatable bonds is 7. The smallest absolute Gasteiger partial charge is 0.0921 e. The molecule has 0 aromatic heterocycles. The molecule has 0 radical (unpaired) electrons. The second-order valence-electron chi connectivity index (χ2n) is 4.34.